The maximum absolute atomic E-state index is 10.6. The smallest absolute Gasteiger partial charge is 0.141 e. The van der Waals surface area contributed by atoms with Gasteiger partial charge in [0.15, 0.2) is 0 Å². The number of aliphatic hydroxyl groups is 1. The molecule has 0 bridgehead atoms. The highest BCUT2D eigenvalue weighted by molar-refractivity contribution is 5.89. The van der Waals surface area contributed by atoms with E-state index in [1.807, 2.05) is 24.3 Å². The van der Waals surface area contributed by atoms with Crippen LogP contribution in [0, 0.1) is 0 Å². The molecule has 0 aliphatic carbocycles. The Bertz CT molecular complexity index is 854. The van der Waals surface area contributed by atoms with Crippen LogP contribution in [0.2, 0.25) is 0 Å². The van der Waals surface area contributed by atoms with Gasteiger partial charge in [-0.3, -0.25) is 4.90 Å². The Labute approximate surface area is 153 Å². The molecule has 3 aromatic rings. The van der Waals surface area contributed by atoms with Gasteiger partial charge in [-0.15, -0.1) is 0 Å². The average molecular weight is 351 g/mol. The van der Waals surface area contributed by atoms with Crippen molar-refractivity contribution in [3.63, 3.8) is 0 Å². The van der Waals surface area contributed by atoms with Crippen LogP contribution >= 0.6 is 0 Å². The van der Waals surface area contributed by atoms with Crippen LogP contribution < -0.4 is 4.90 Å². The molecule has 4 rings (SSSR count). The number of H-pyrrole nitrogens is 1. The van der Waals surface area contributed by atoms with E-state index >= 15 is 0 Å². The Morgan fingerprint density at radius 1 is 0.962 bits per heavy atom. The van der Waals surface area contributed by atoms with Gasteiger partial charge in [-0.25, -0.2) is 0 Å². The summed E-state index contributed by atoms with van der Waals surface area (Å²) in [6, 6.07) is 16.4. The Morgan fingerprint density at radius 2 is 1.73 bits per heavy atom. The molecule has 5 heteroatoms. The van der Waals surface area contributed by atoms with E-state index in [2.05, 4.69) is 39.0 Å². The molecule has 1 atom stereocenters. The van der Waals surface area contributed by atoms with Crippen LogP contribution in [-0.4, -0.2) is 58.9 Å². The lowest BCUT2D eigenvalue weighted by atomic mass is 10.0. The molecule has 2 aromatic carbocycles. The fourth-order valence-corrected chi connectivity index (χ4v) is 3.86. The third-order valence-corrected chi connectivity index (χ3v) is 5.19. The lowest BCUT2D eigenvalue weighted by Gasteiger charge is -2.37. The van der Waals surface area contributed by atoms with Gasteiger partial charge in [0.25, 0.3) is 0 Å². The molecule has 5 nitrogen and oxygen atoms in total. The second kappa shape index (κ2) is 7.40. The Hall–Kier alpha value is -2.50. The molecule has 26 heavy (non-hydrogen) atoms. The highest BCUT2D eigenvalue weighted by Crippen LogP contribution is 2.28. The van der Waals surface area contributed by atoms with E-state index in [0.29, 0.717) is 13.0 Å². The molecule has 1 saturated heterocycles. The first-order chi connectivity index (χ1) is 12.7. The molecule has 2 heterocycles. The number of aliphatic hydroxyl groups excluding tert-OH is 1. The molecule has 1 aliphatic rings. The molecule has 1 aliphatic heterocycles. The number of nitrogens with one attached hydrogen (secondary N) is 1. The van der Waals surface area contributed by atoms with Gasteiger partial charge in [0.1, 0.15) is 5.75 Å². The van der Waals surface area contributed by atoms with Gasteiger partial charge in [0.2, 0.25) is 0 Å². The number of piperazine rings is 1. The Kier molecular flexibility index (Phi) is 4.82. The third kappa shape index (κ3) is 3.54. The van der Waals surface area contributed by atoms with E-state index in [-0.39, 0.29) is 5.75 Å². The van der Waals surface area contributed by atoms with Crippen LogP contribution in [0.1, 0.15) is 5.56 Å². The fourth-order valence-electron chi connectivity index (χ4n) is 3.86. The Balaban J connectivity index is 1.34. The molecule has 1 fully saturated rings. The summed E-state index contributed by atoms with van der Waals surface area (Å²) in [7, 11) is 0. The van der Waals surface area contributed by atoms with Gasteiger partial charge in [-0.05, 0) is 23.8 Å². The first kappa shape index (κ1) is 16.9. The topological polar surface area (TPSA) is 62.7 Å². The summed E-state index contributed by atoms with van der Waals surface area (Å²) in [5.74, 6) is 0.249. The quantitative estimate of drug-likeness (QED) is 0.661. The van der Waals surface area contributed by atoms with E-state index < -0.39 is 6.10 Å². The summed E-state index contributed by atoms with van der Waals surface area (Å²) in [5.41, 5.74) is 3.16. The van der Waals surface area contributed by atoms with Gasteiger partial charge in [-0.1, -0.05) is 30.3 Å². The minimum Gasteiger partial charge on any atom is -0.506 e. The van der Waals surface area contributed by atoms with Gasteiger partial charge >= 0.3 is 0 Å². The number of β-amino-alcohol motifs (C(OH)–C–C–N with tert-alkyl or cyclic N) is 1. The number of nitrogens with zero attached hydrogens (tertiary/aromatic N) is 2. The van der Waals surface area contributed by atoms with E-state index in [0.717, 1.165) is 42.6 Å². The summed E-state index contributed by atoms with van der Waals surface area (Å²) in [6.45, 7) is 4.51. The molecule has 1 unspecified atom stereocenters. The number of rotatable bonds is 5. The van der Waals surface area contributed by atoms with Crippen molar-refractivity contribution in [1.29, 1.82) is 0 Å². The van der Waals surface area contributed by atoms with Gasteiger partial charge in [-0.2, -0.15) is 0 Å². The standard InChI is InChI=1S/C21H25N3O2/c25-18(13-16-5-4-8-19-21(16)20(26)14-22-19)15-23-9-11-24(12-10-23)17-6-2-1-3-7-17/h1-8,14,18,22,25-26H,9-13,15H2. The number of aromatic hydroxyl groups is 1. The largest absolute Gasteiger partial charge is 0.506 e. The van der Waals surface area contributed by atoms with Gasteiger partial charge in [0, 0.05) is 61.9 Å². The second-order valence-electron chi connectivity index (χ2n) is 6.99. The van der Waals surface area contributed by atoms with Crippen molar-refractivity contribution in [2.24, 2.45) is 0 Å². The monoisotopic (exact) mass is 351 g/mol. The van der Waals surface area contributed by atoms with E-state index in [4.69, 9.17) is 0 Å². The zero-order chi connectivity index (χ0) is 17.9. The second-order valence-corrected chi connectivity index (χ2v) is 6.99. The zero-order valence-corrected chi connectivity index (χ0v) is 14.8. The SMILES string of the molecule is Oc1c[nH]c2cccc(CC(O)CN3CCN(c4ccccc4)CC3)c12. The number of anilines is 1. The van der Waals surface area contributed by atoms with Crippen LogP contribution in [0.25, 0.3) is 10.9 Å². The molecular formula is C21H25N3O2. The lowest BCUT2D eigenvalue weighted by molar-refractivity contribution is 0.109. The van der Waals surface area contributed by atoms with Crippen LogP contribution in [0.4, 0.5) is 5.69 Å². The number of aromatic amines is 1. The lowest BCUT2D eigenvalue weighted by Crippen LogP contribution is -2.48. The maximum atomic E-state index is 10.6. The van der Waals surface area contributed by atoms with E-state index in [1.54, 1.807) is 6.20 Å². The summed E-state index contributed by atoms with van der Waals surface area (Å²) in [5, 5.41) is 21.4. The highest BCUT2D eigenvalue weighted by Gasteiger charge is 2.20. The van der Waals surface area contributed by atoms with Crippen LogP contribution in [0.5, 0.6) is 5.75 Å². The van der Waals surface area contributed by atoms with Crippen molar-refractivity contribution in [2.75, 3.05) is 37.6 Å². The zero-order valence-electron chi connectivity index (χ0n) is 14.8. The van der Waals surface area contributed by atoms with Crippen molar-refractivity contribution < 1.29 is 10.2 Å². The van der Waals surface area contributed by atoms with Crippen molar-refractivity contribution in [1.82, 2.24) is 9.88 Å². The molecule has 3 N–H and O–H groups in total. The number of fused-ring (bicyclic) bond motifs is 1. The molecule has 1 aromatic heterocycles. The first-order valence-corrected chi connectivity index (χ1v) is 9.19. The molecular weight excluding hydrogens is 326 g/mol. The predicted octanol–water partition coefficient (Wildman–Crippen LogP) is 2.60. The third-order valence-electron chi connectivity index (χ3n) is 5.19. The number of para-hydroxylation sites is 1. The molecule has 0 amide bonds. The minimum atomic E-state index is -0.446. The first-order valence-electron chi connectivity index (χ1n) is 9.19. The molecule has 0 spiro atoms. The summed E-state index contributed by atoms with van der Waals surface area (Å²) < 4.78 is 0. The maximum Gasteiger partial charge on any atom is 0.141 e. The number of aromatic nitrogens is 1. The van der Waals surface area contributed by atoms with E-state index in [1.165, 1.54) is 5.69 Å². The van der Waals surface area contributed by atoms with Gasteiger partial charge < -0.3 is 20.1 Å². The average Bonchev–Trinajstić information content (AvgIpc) is 3.05. The van der Waals surface area contributed by atoms with Gasteiger partial charge in [0.05, 0.1) is 6.10 Å². The minimum absolute atomic E-state index is 0.249. The summed E-state index contributed by atoms with van der Waals surface area (Å²) in [4.78, 5) is 7.77. The Morgan fingerprint density at radius 3 is 2.50 bits per heavy atom. The van der Waals surface area contributed by atoms with Crippen LogP contribution in [0.3, 0.4) is 0 Å². The number of hydrogen-bond acceptors (Lipinski definition) is 4. The van der Waals surface area contributed by atoms with Crippen molar-refractivity contribution in [2.45, 2.75) is 12.5 Å². The molecule has 0 radical (unpaired) electrons. The fraction of sp³-hybridized carbons (Fsp3) is 0.333. The van der Waals surface area contributed by atoms with Crippen molar-refractivity contribution >= 4 is 16.6 Å². The molecule has 0 saturated carbocycles. The highest BCUT2D eigenvalue weighted by atomic mass is 16.3. The predicted molar refractivity (Wildman–Crippen MR) is 105 cm³/mol. The molecule has 136 valence electrons. The number of hydrogen-bond donors (Lipinski definition) is 3. The van der Waals surface area contributed by atoms with E-state index in [9.17, 15) is 10.2 Å². The van der Waals surface area contributed by atoms with Crippen LogP contribution in [-0.2, 0) is 6.42 Å². The summed E-state index contributed by atoms with van der Waals surface area (Å²) in [6.07, 6.45) is 1.70. The normalized spacial score (nSPS) is 16.9. The van der Waals surface area contributed by atoms with Crippen molar-refractivity contribution in [3.05, 3.63) is 60.3 Å². The van der Waals surface area contributed by atoms with Crippen LogP contribution in [0.15, 0.2) is 54.7 Å². The number of benzene rings is 2. The summed E-state index contributed by atoms with van der Waals surface area (Å²) >= 11 is 0. The van der Waals surface area contributed by atoms with Crippen molar-refractivity contribution in [3.8, 4) is 5.75 Å².